The maximum absolute atomic E-state index is 11.3. The number of Topliss-reactive ketones (excluding diaryl/α,β-unsaturated/α-hetero) is 1. The molecule has 1 atom stereocenters. The van der Waals surface area contributed by atoms with Crippen molar-refractivity contribution in [1.29, 1.82) is 0 Å². The molecule has 0 heterocycles. The Morgan fingerprint density at radius 3 is 2.71 bits per heavy atom. The zero-order valence-corrected chi connectivity index (χ0v) is 8.93. The summed E-state index contributed by atoms with van der Waals surface area (Å²) in [6, 6.07) is 10.4. The second-order valence-electron chi connectivity index (χ2n) is 3.69. The van der Waals surface area contributed by atoms with Gasteiger partial charge in [0.25, 0.3) is 0 Å². The third kappa shape index (κ3) is 2.61. The SMILES string of the molecule is O=C1CCC[C@@H](Sc2ccccc2)C1. The number of hydrogen-bond acceptors (Lipinski definition) is 2. The molecule has 14 heavy (non-hydrogen) atoms. The predicted octanol–water partition coefficient (Wildman–Crippen LogP) is 3.29. The van der Waals surface area contributed by atoms with Gasteiger partial charge in [-0.2, -0.15) is 0 Å². The maximum Gasteiger partial charge on any atom is 0.134 e. The highest BCUT2D eigenvalue weighted by Crippen LogP contribution is 2.31. The average Bonchev–Trinajstić information content (AvgIpc) is 2.19. The van der Waals surface area contributed by atoms with Crippen LogP contribution < -0.4 is 0 Å². The molecule has 1 aromatic carbocycles. The van der Waals surface area contributed by atoms with Crippen LogP contribution in [0.25, 0.3) is 0 Å². The molecule has 1 aliphatic carbocycles. The van der Waals surface area contributed by atoms with Gasteiger partial charge >= 0.3 is 0 Å². The van der Waals surface area contributed by atoms with Gasteiger partial charge < -0.3 is 0 Å². The summed E-state index contributed by atoms with van der Waals surface area (Å²) in [6.07, 6.45) is 3.82. The van der Waals surface area contributed by atoms with Crippen molar-refractivity contribution in [1.82, 2.24) is 0 Å². The molecular formula is C12H14OS. The Morgan fingerprint density at radius 1 is 1.21 bits per heavy atom. The van der Waals surface area contributed by atoms with E-state index >= 15 is 0 Å². The van der Waals surface area contributed by atoms with Crippen molar-refractivity contribution in [3.63, 3.8) is 0 Å². The fraction of sp³-hybridized carbons (Fsp3) is 0.417. The first-order valence-electron chi connectivity index (χ1n) is 5.08. The van der Waals surface area contributed by atoms with Crippen LogP contribution in [0.4, 0.5) is 0 Å². The molecular weight excluding hydrogens is 192 g/mol. The third-order valence-electron chi connectivity index (χ3n) is 2.48. The van der Waals surface area contributed by atoms with Crippen molar-refractivity contribution in [2.45, 2.75) is 35.8 Å². The van der Waals surface area contributed by atoms with Crippen LogP contribution in [0.2, 0.25) is 0 Å². The molecule has 0 saturated heterocycles. The lowest BCUT2D eigenvalue weighted by Crippen LogP contribution is -2.16. The van der Waals surface area contributed by atoms with Crippen molar-refractivity contribution in [3.8, 4) is 0 Å². The minimum atomic E-state index is 0.435. The molecule has 0 radical (unpaired) electrons. The third-order valence-corrected chi connectivity index (χ3v) is 3.76. The molecule has 1 aromatic rings. The van der Waals surface area contributed by atoms with Crippen LogP contribution in [0.1, 0.15) is 25.7 Å². The standard InChI is InChI=1S/C12H14OS/c13-10-5-4-8-12(9-10)14-11-6-2-1-3-7-11/h1-3,6-7,12H,4-5,8-9H2/t12-/m1/s1. The Hall–Kier alpha value is -0.760. The van der Waals surface area contributed by atoms with Crippen molar-refractivity contribution in [2.24, 2.45) is 0 Å². The van der Waals surface area contributed by atoms with Crippen molar-refractivity contribution < 1.29 is 4.79 Å². The summed E-state index contributed by atoms with van der Waals surface area (Å²) < 4.78 is 0. The van der Waals surface area contributed by atoms with Crippen LogP contribution in [-0.2, 0) is 4.79 Å². The molecule has 0 amide bonds. The molecule has 2 rings (SSSR count). The van der Waals surface area contributed by atoms with Crippen LogP contribution >= 0.6 is 11.8 Å². The van der Waals surface area contributed by atoms with Crippen LogP contribution in [0.15, 0.2) is 35.2 Å². The largest absolute Gasteiger partial charge is 0.300 e. The van der Waals surface area contributed by atoms with Gasteiger partial charge in [-0.25, -0.2) is 0 Å². The molecule has 0 aliphatic heterocycles. The lowest BCUT2D eigenvalue weighted by atomic mass is 9.99. The highest BCUT2D eigenvalue weighted by atomic mass is 32.2. The number of hydrogen-bond donors (Lipinski definition) is 0. The van der Waals surface area contributed by atoms with E-state index in [1.54, 1.807) is 0 Å². The molecule has 0 N–H and O–H groups in total. The van der Waals surface area contributed by atoms with Gasteiger partial charge in [-0.05, 0) is 25.0 Å². The molecule has 0 spiro atoms. The van der Waals surface area contributed by atoms with Crippen LogP contribution in [-0.4, -0.2) is 11.0 Å². The number of benzene rings is 1. The first-order chi connectivity index (χ1) is 6.84. The van der Waals surface area contributed by atoms with E-state index < -0.39 is 0 Å². The van der Waals surface area contributed by atoms with Gasteiger partial charge in [0.1, 0.15) is 5.78 Å². The smallest absolute Gasteiger partial charge is 0.134 e. The molecule has 1 nitrogen and oxygen atoms in total. The number of rotatable bonds is 2. The van der Waals surface area contributed by atoms with E-state index in [9.17, 15) is 4.79 Å². The summed E-state index contributed by atoms with van der Waals surface area (Å²) in [5.41, 5.74) is 0. The zero-order chi connectivity index (χ0) is 9.80. The molecule has 2 heteroatoms. The van der Waals surface area contributed by atoms with E-state index in [1.807, 2.05) is 30.0 Å². The minimum Gasteiger partial charge on any atom is -0.300 e. The predicted molar refractivity (Wildman–Crippen MR) is 59.6 cm³/mol. The van der Waals surface area contributed by atoms with Gasteiger partial charge in [-0.3, -0.25) is 4.79 Å². The number of carbonyl (C=O) groups is 1. The van der Waals surface area contributed by atoms with Crippen LogP contribution in [0, 0.1) is 0 Å². The Kier molecular flexibility index (Phi) is 3.25. The van der Waals surface area contributed by atoms with E-state index in [4.69, 9.17) is 0 Å². The lowest BCUT2D eigenvalue weighted by Gasteiger charge is -2.19. The van der Waals surface area contributed by atoms with Gasteiger partial charge in [0.15, 0.2) is 0 Å². The fourth-order valence-electron chi connectivity index (χ4n) is 1.78. The molecule has 0 unspecified atom stereocenters. The second kappa shape index (κ2) is 4.65. The van der Waals surface area contributed by atoms with Crippen LogP contribution in [0.5, 0.6) is 0 Å². The van der Waals surface area contributed by atoms with E-state index in [2.05, 4.69) is 12.1 Å². The highest BCUT2D eigenvalue weighted by Gasteiger charge is 2.19. The molecule has 1 saturated carbocycles. The number of carbonyl (C=O) groups excluding carboxylic acids is 1. The Balaban J connectivity index is 1.94. The number of ketones is 1. The van der Waals surface area contributed by atoms with E-state index in [1.165, 1.54) is 11.3 Å². The van der Waals surface area contributed by atoms with E-state index in [0.29, 0.717) is 11.0 Å². The highest BCUT2D eigenvalue weighted by molar-refractivity contribution is 8.00. The van der Waals surface area contributed by atoms with Crippen molar-refractivity contribution in [3.05, 3.63) is 30.3 Å². The molecule has 0 bridgehead atoms. The van der Waals surface area contributed by atoms with Gasteiger partial charge in [0, 0.05) is 23.0 Å². The van der Waals surface area contributed by atoms with E-state index in [-0.39, 0.29) is 0 Å². The second-order valence-corrected chi connectivity index (χ2v) is 5.06. The van der Waals surface area contributed by atoms with Crippen molar-refractivity contribution in [2.75, 3.05) is 0 Å². The van der Waals surface area contributed by atoms with Crippen molar-refractivity contribution >= 4 is 17.5 Å². The van der Waals surface area contributed by atoms with Gasteiger partial charge in [0.05, 0.1) is 0 Å². The normalized spacial score (nSPS) is 22.3. The molecule has 0 aromatic heterocycles. The Morgan fingerprint density at radius 2 is 2.00 bits per heavy atom. The first kappa shape index (κ1) is 9.78. The van der Waals surface area contributed by atoms with Gasteiger partial charge in [-0.15, -0.1) is 11.8 Å². The van der Waals surface area contributed by atoms with Crippen LogP contribution in [0.3, 0.4) is 0 Å². The summed E-state index contributed by atoms with van der Waals surface area (Å²) in [5, 5.41) is 0.513. The molecule has 1 fully saturated rings. The van der Waals surface area contributed by atoms with E-state index in [0.717, 1.165) is 19.3 Å². The first-order valence-corrected chi connectivity index (χ1v) is 5.96. The lowest BCUT2D eigenvalue weighted by molar-refractivity contribution is -0.120. The quantitative estimate of drug-likeness (QED) is 0.738. The Labute approximate surface area is 88.9 Å². The summed E-state index contributed by atoms with van der Waals surface area (Å²) >= 11 is 1.85. The Bertz CT molecular complexity index is 307. The minimum absolute atomic E-state index is 0.435. The maximum atomic E-state index is 11.3. The van der Waals surface area contributed by atoms with Gasteiger partial charge in [0.2, 0.25) is 0 Å². The summed E-state index contributed by atoms with van der Waals surface area (Å²) in [5.74, 6) is 0.435. The summed E-state index contributed by atoms with van der Waals surface area (Å²) in [4.78, 5) is 12.5. The number of thioether (sulfide) groups is 1. The fourth-order valence-corrected chi connectivity index (χ4v) is 3.03. The zero-order valence-electron chi connectivity index (χ0n) is 8.11. The monoisotopic (exact) mass is 206 g/mol. The molecule has 1 aliphatic rings. The topological polar surface area (TPSA) is 17.1 Å². The summed E-state index contributed by atoms with van der Waals surface area (Å²) in [7, 11) is 0. The summed E-state index contributed by atoms with van der Waals surface area (Å²) in [6.45, 7) is 0. The molecule has 74 valence electrons. The average molecular weight is 206 g/mol. The van der Waals surface area contributed by atoms with Gasteiger partial charge in [-0.1, -0.05) is 18.2 Å².